The molecule has 2 saturated heterocycles. The van der Waals surface area contributed by atoms with Gasteiger partial charge >= 0.3 is 5.97 Å². The van der Waals surface area contributed by atoms with Crippen LogP contribution in [-0.2, 0) is 24.9 Å². The molecule has 1 unspecified atom stereocenters. The first-order chi connectivity index (χ1) is 18.9. The van der Waals surface area contributed by atoms with Crippen LogP contribution in [0.15, 0.2) is 60.7 Å². The van der Waals surface area contributed by atoms with E-state index in [1.54, 1.807) is 36.4 Å². The molecular formula is C30H31Cl2N3O4. The number of imidazole rings is 1. The van der Waals surface area contributed by atoms with Crippen molar-refractivity contribution in [2.45, 2.75) is 31.9 Å². The second-order valence-electron chi connectivity index (χ2n) is 9.89. The lowest BCUT2D eigenvalue weighted by Gasteiger charge is -2.16. The van der Waals surface area contributed by atoms with Crippen molar-refractivity contribution >= 4 is 40.2 Å². The van der Waals surface area contributed by atoms with E-state index in [0.29, 0.717) is 28.3 Å². The number of likely N-dealkylation sites (tertiary alicyclic amines) is 1. The molecule has 1 aromatic heterocycles. The van der Waals surface area contributed by atoms with Crippen molar-refractivity contribution in [1.82, 2.24) is 14.5 Å². The van der Waals surface area contributed by atoms with E-state index >= 15 is 0 Å². The highest BCUT2D eigenvalue weighted by Gasteiger charge is 2.25. The standard InChI is InChI=1S/C27H25Cl2N3O3.C3H6O/c1-31-24-12-19(27(33)34)5-7-23(24)30-26(31)15-32-10-9-20(14-32)18-4-2-3-17(11-18)16-35-25-8-6-21(28)13-22(25)29;1-2-4-3-1/h2-8,11-13,20H,9-10,14-16H2,1H3,(H,33,34);1-3H2. The fraction of sp³-hybridized carbons (Fsp3) is 0.333. The maximum Gasteiger partial charge on any atom is 0.335 e. The van der Waals surface area contributed by atoms with Crippen molar-refractivity contribution < 1.29 is 19.4 Å². The molecule has 4 aromatic rings. The molecule has 0 radical (unpaired) electrons. The predicted octanol–water partition coefficient (Wildman–Crippen LogP) is 6.55. The number of aromatic carboxylic acids is 1. The quantitative estimate of drug-likeness (QED) is 0.272. The van der Waals surface area contributed by atoms with Gasteiger partial charge in [0.05, 0.1) is 28.2 Å². The number of rotatable bonds is 7. The van der Waals surface area contributed by atoms with E-state index in [0.717, 1.165) is 61.7 Å². The zero-order chi connectivity index (χ0) is 27.4. The summed E-state index contributed by atoms with van der Waals surface area (Å²) in [6.07, 6.45) is 2.35. The van der Waals surface area contributed by atoms with Crippen LogP contribution in [0.3, 0.4) is 0 Å². The molecule has 9 heteroatoms. The maximum atomic E-state index is 11.3. The predicted molar refractivity (Wildman–Crippen MR) is 153 cm³/mol. The van der Waals surface area contributed by atoms with Crippen molar-refractivity contribution in [2.24, 2.45) is 7.05 Å². The van der Waals surface area contributed by atoms with Gasteiger partial charge in [-0.3, -0.25) is 4.90 Å². The van der Waals surface area contributed by atoms with Gasteiger partial charge < -0.3 is 19.1 Å². The summed E-state index contributed by atoms with van der Waals surface area (Å²) in [6.45, 7) is 5.08. The zero-order valence-corrected chi connectivity index (χ0v) is 23.3. The van der Waals surface area contributed by atoms with Crippen LogP contribution in [0.5, 0.6) is 5.75 Å². The number of hydrogen-bond acceptors (Lipinski definition) is 5. The van der Waals surface area contributed by atoms with Crippen LogP contribution in [0.1, 0.15) is 46.1 Å². The summed E-state index contributed by atoms with van der Waals surface area (Å²) < 4.78 is 12.6. The average Bonchev–Trinajstić information content (AvgIpc) is 3.47. The van der Waals surface area contributed by atoms with Gasteiger partial charge in [0.25, 0.3) is 0 Å². The molecular weight excluding hydrogens is 537 g/mol. The molecule has 2 aliphatic heterocycles. The Morgan fingerprint density at radius 2 is 1.92 bits per heavy atom. The average molecular weight is 569 g/mol. The smallest absolute Gasteiger partial charge is 0.335 e. The molecule has 7 nitrogen and oxygen atoms in total. The van der Waals surface area contributed by atoms with Crippen molar-refractivity contribution in [3.8, 4) is 5.75 Å². The third-order valence-electron chi connectivity index (χ3n) is 7.15. The molecule has 1 atom stereocenters. The molecule has 1 N–H and O–H groups in total. The van der Waals surface area contributed by atoms with Crippen LogP contribution in [0.25, 0.3) is 11.0 Å². The minimum absolute atomic E-state index is 0.274. The van der Waals surface area contributed by atoms with E-state index in [4.69, 9.17) is 37.7 Å². The van der Waals surface area contributed by atoms with E-state index in [-0.39, 0.29) is 5.56 Å². The number of ether oxygens (including phenoxy) is 2. The molecule has 3 heterocycles. The van der Waals surface area contributed by atoms with Crippen LogP contribution >= 0.6 is 23.2 Å². The highest BCUT2D eigenvalue weighted by Crippen LogP contribution is 2.31. The molecule has 0 aliphatic carbocycles. The third-order valence-corrected chi connectivity index (χ3v) is 7.68. The zero-order valence-electron chi connectivity index (χ0n) is 21.8. The van der Waals surface area contributed by atoms with Gasteiger partial charge in [0.1, 0.15) is 18.2 Å². The number of carboxylic acids is 1. The molecule has 204 valence electrons. The monoisotopic (exact) mass is 567 g/mol. The SMILES string of the molecule is C1COC1.Cn1c(CN2CCC(c3cccc(COc4ccc(Cl)cc4Cl)c3)C2)nc2ccc(C(=O)O)cc21. The van der Waals surface area contributed by atoms with E-state index < -0.39 is 5.97 Å². The number of fused-ring (bicyclic) bond motifs is 1. The lowest BCUT2D eigenvalue weighted by Crippen LogP contribution is -2.21. The Morgan fingerprint density at radius 3 is 2.64 bits per heavy atom. The third kappa shape index (κ3) is 6.73. The van der Waals surface area contributed by atoms with E-state index in [2.05, 4.69) is 29.2 Å². The topological polar surface area (TPSA) is 76.8 Å². The van der Waals surface area contributed by atoms with Gasteiger partial charge in [-0.05, 0) is 72.8 Å². The van der Waals surface area contributed by atoms with E-state index in [1.807, 2.05) is 11.6 Å². The maximum absolute atomic E-state index is 11.3. The molecule has 0 spiro atoms. The molecule has 6 rings (SSSR count). The molecule has 2 fully saturated rings. The first-order valence-corrected chi connectivity index (χ1v) is 13.8. The number of aromatic nitrogens is 2. The van der Waals surface area contributed by atoms with E-state index in [9.17, 15) is 9.90 Å². The van der Waals surface area contributed by atoms with Gasteiger partial charge in [-0.2, -0.15) is 0 Å². The van der Waals surface area contributed by atoms with Gasteiger partial charge in [-0.1, -0.05) is 47.5 Å². The van der Waals surface area contributed by atoms with Gasteiger partial charge in [0.15, 0.2) is 0 Å². The minimum Gasteiger partial charge on any atom is -0.487 e. The van der Waals surface area contributed by atoms with Crippen molar-refractivity contribution in [1.29, 1.82) is 0 Å². The van der Waals surface area contributed by atoms with Crippen LogP contribution in [0.2, 0.25) is 10.0 Å². The van der Waals surface area contributed by atoms with Gasteiger partial charge in [0, 0.05) is 31.8 Å². The molecule has 39 heavy (non-hydrogen) atoms. The summed E-state index contributed by atoms with van der Waals surface area (Å²) in [4.78, 5) is 18.5. The molecule has 2 aliphatic rings. The lowest BCUT2D eigenvalue weighted by molar-refractivity contribution is 0.0367. The lowest BCUT2D eigenvalue weighted by atomic mass is 9.97. The molecule has 0 amide bonds. The van der Waals surface area contributed by atoms with Gasteiger partial charge in [0.2, 0.25) is 0 Å². The summed E-state index contributed by atoms with van der Waals surface area (Å²) in [5.41, 5.74) is 4.32. The number of halogens is 2. The summed E-state index contributed by atoms with van der Waals surface area (Å²) in [7, 11) is 1.94. The highest BCUT2D eigenvalue weighted by atomic mass is 35.5. The molecule has 0 bridgehead atoms. The van der Waals surface area contributed by atoms with Crippen LogP contribution in [0.4, 0.5) is 0 Å². The summed E-state index contributed by atoms with van der Waals surface area (Å²) in [5.74, 6) is 1.06. The Morgan fingerprint density at radius 1 is 1.13 bits per heavy atom. The first-order valence-electron chi connectivity index (χ1n) is 13.0. The van der Waals surface area contributed by atoms with Crippen LogP contribution in [-0.4, -0.2) is 51.8 Å². The molecule has 0 saturated carbocycles. The number of carbonyl (C=O) groups is 1. The number of aryl methyl sites for hydroxylation is 1. The normalized spacial score (nSPS) is 16.9. The second-order valence-corrected chi connectivity index (χ2v) is 10.7. The fourth-order valence-corrected chi connectivity index (χ4v) is 5.26. The number of hydrogen-bond donors (Lipinski definition) is 1. The van der Waals surface area contributed by atoms with Gasteiger partial charge in [-0.15, -0.1) is 0 Å². The Bertz CT molecular complexity index is 1460. The second kappa shape index (κ2) is 12.4. The van der Waals surface area contributed by atoms with Crippen molar-refractivity contribution in [2.75, 3.05) is 26.3 Å². The Balaban J connectivity index is 0.000000707. The Kier molecular flexibility index (Phi) is 8.72. The largest absolute Gasteiger partial charge is 0.487 e. The number of nitrogens with zero attached hydrogens (tertiary/aromatic N) is 3. The summed E-state index contributed by atoms with van der Waals surface area (Å²) in [6, 6.07) is 18.8. The van der Waals surface area contributed by atoms with Crippen molar-refractivity contribution in [3.05, 3.63) is 93.2 Å². The Hall–Kier alpha value is -3.10. The summed E-state index contributed by atoms with van der Waals surface area (Å²) >= 11 is 12.2. The number of carboxylic acid groups (broad SMARTS) is 1. The highest BCUT2D eigenvalue weighted by molar-refractivity contribution is 6.35. The summed E-state index contributed by atoms with van der Waals surface area (Å²) in [5, 5.41) is 10.4. The number of benzene rings is 3. The first kappa shape index (κ1) is 27.5. The van der Waals surface area contributed by atoms with Crippen molar-refractivity contribution in [3.63, 3.8) is 0 Å². The van der Waals surface area contributed by atoms with Gasteiger partial charge in [-0.25, -0.2) is 9.78 Å². The van der Waals surface area contributed by atoms with Crippen LogP contribution in [0, 0.1) is 0 Å². The minimum atomic E-state index is -0.930. The van der Waals surface area contributed by atoms with E-state index in [1.165, 1.54) is 12.0 Å². The Labute approximate surface area is 237 Å². The van der Waals surface area contributed by atoms with Crippen LogP contribution < -0.4 is 4.74 Å². The fourth-order valence-electron chi connectivity index (χ4n) is 4.80. The molecule has 3 aromatic carbocycles.